The van der Waals surface area contributed by atoms with Crippen LogP contribution in [-0.4, -0.2) is 34.0 Å². The molecule has 110 valence electrons. The maximum Gasteiger partial charge on any atom is 0.122 e. The smallest absolute Gasteiger partial charge is 0.122 e. The van der Waals surface area contributed by atoms with Gasteiger partial charge in [-0.2, -0.15) is 0 Å². The third-order valence-electron chi connectivity index (χ3n) is 4.49. The number of benzene rings is 1. The van der Waals surface area contributed by atoms with E-state index in [1.165, 1.54) is 0 Å². The zero-order valence-corrected chi connectivity index (χ0v) is 12.6. The molecule has 0 radical (unpaired) electrons. The summed E-state index contributed by atoms with van der Waals surface area (Å²) in [5.41, 5.74) is -0.107. The summed E-state index contributed by atoms with van der Waals surface area (Å²) < 4.78 is 22.6. The van der Waals surface area contributed by atoms with E-state index in [1.807, 2.05) is 12.1 Å². The molecule has 1 N–H and O–H groups in total. The molecule has 1 aromatic rings. The fourth-order valence-electron chi connectivity index (χ4n) is 3.39. The van der Waals surface area contributed by atoms with Gasteiger partial charge in [0, 0.05) is 27.4 Å². The van der Waals surface area contributed by atoms with Crippen LogP contribution in [0.5, 0.6) is 11.5 Å². The van der Waals surface area contributed by atoms with E-state index in [9.17, 15) is 9.32 Å². The minimum atomic E-state index is -0.915. The maximum atomic E-state index is 12.1. The first-order valence-electron chi connectivity index (χ1n) is 6.91. The molecular formula is C15H20O4S. The van der Waals surface area contributed by atoms with Crippen molar-refractivity contribution in [3.8, 4) is 11.5 Å². The quantitative estimate of drug-likeness (QED) is 0.926. The van der Waals surface area contributed by atoms with E-state index in [1.54, 1.807) is 20.3 Å². The number of aliphatic hydroxyl groups is 1. The van der Waals surface area contributed by atoms with Crippen molar-refractivity contribution in [3.05, 3.63) is 23.8 Å². The molecule has 0 amide bonds. The predicted octanol–water partition coefficient (Wildman–Crippen LogP) is 1.96. The third-order valence-corrected chi connectivity index (χ3v) is 6.61. The highest BCUT2D eigenvalue weighted by Gasteiger charge is 2.48. The summed E-state index contributed by atoms with van der Waals surface area (Å²) in [4.78, 5) is 0. The summed E-state index contributed by atoms with van der Waals surface area (Å²) >= 11 is 0. The van der Waals surface area contributed by atoms with Gasteiger partial charge in [-0.1, -0.05) is 0 Å². The van der Waals surface area contributed by atoms with Gasteiger partial charge in [-0.05, 0) is 43.4 Å². The molecule has 0 aromatic heterocycles. The van der Waals surface area contributed by atoms with E-state index in [0.29, 0.717) is 24.3 Å². The van der Waals surface area contributed by atoms with Crippen molar-refractivity contribution in [2.75, 3.05) is 14.2 Å². The largest absolute Gasteiger partial charge is 0.497 e. The molecule has 2 fully saturated rings. The first kappa shape index (κ1) is 13.9. The van der Waals surface area contributed by atoms with Gasteiger partial charge < -0.3 is 14.6 Å². The van der Waals surface area contributed by atoms with E-state index in [2.05, 4.69) is 0 Å². The molecule has 2 saturated heterocycles. The van der Waals surface area contributed by atoms with E-state index in [4.69, 9.17) is 9.47 Å². The van der Waals surface area contributed by atoms with Crippen molar-refractivity contribution in [1.29, 1.82) is 0 Å². The van der Waals surface area contributed by atoms with Crippen LogP contribution in [0.1, 0.15) is 31.2 Å². The molecular weight excluding hydrogens is 276 g/mol. The Morgan fingerprint density at radius 1 is 1.10 bits per heavy atom. The topological polar surface area (TPSA) is 55.8 Å². The van der Waals surface area contributed by atoms with Crippen LogP contribution in [0, 0.1) is 0 Å². The lowest BCUT2D eigenvalue weighted by Crippen LogP contribution is -2.40. The zero-order valence-electron chi connectivity index (χ0n) is 11.8. The van der Waals surface area contributed by atoms with Gasteiger partial charge in [-0.3, -0.25) is 4.21 Å². The average Bonchev–Trinajstić information content (AvgIpc) is 2.69. The molecule has 4 nitrogen and oxygen atoms in total. The number of fused-ring (bicyclic) bond motifs is 2. The maximum absolute atomic E-state index is 12.1. The molecule has 2 aliphatic rings. The number of methoxy groups -OCH3 is 2. The molecule has 0 spiro atoms. The first-order chi connectivity index (χ1) is 9.55. The summed E-state index contributed by atoms with van der Waals surface area (Å²) in [6.45, 7) is 0. The summed E-state index contributed by atoms with van der Waals surface area (Å²) in [6, 6.07) is 5.51. The van der Waals surface area contributed by atoms with E-state index in [0.717, 1.165) is 18.4 Å². The fourth-order valence-corrected chi connectivity index (χ4v) is 5.55. The minimum absolute atomic E-state index is 0.121. The highest BCUT2D eigenvalue weighted by Crippen LogP contribution is 2.47. The Balaban J connectivity index is 1.97. The Bertz CT molecular complexity index is 504. The van der Waals surface area contributed by atoms with Gasteiger partial charge in [-0.25, -0.2) is 0 Å². The van der Waals surface area contributed by atoms with Crippen LogP contribution in [0.15, 0.2) is 18.2 Å². The second kappa shape index (κ2) is 5.04. The van der Waals surface area contributed by atoms with Crippen LogP contribution in [-0.2, 0) is 16.4 Å². The van der Waals surface area contributed by atoms with Crippen molar-refractivity contribution >= 4 is 10.8 Å². The van der Waals surface area contributed by atoms with Crippen molar-refractivity contribution in [3.63, 3.8) is 0 Å². The fraction of sp³-hybridized carbons (Fsp3) is 0.600. The molecule has 0 saturated carbocycles. The molecule has 2 bridgehead atoms. The number of hydrogen-bond acceptors (Lipinski definition) is 4. The molecule has 2 aliphatic heterocycles. The molecule has 2 unspecified atom stereocenters. The Kier molecular flexibility index (Phi) is 3.50. The van der Waals surface area contributed by atoms with Gasteiger partial charge in [0.25, 0.3) is 0 Å². The standard InChI is InChI=1S/C15H20O4S/c1-18-11-5-10(6-12(7-11)19-2)15(16)8-13-3-4-14(9-15)20(13)17/h5-7,13-14,16H,3-4,8-9H2,1-2H3. The summed E-state index contributed by atoms with van der Waals surface area (Å²) in [6.07, 6.45) is 3.04. The van der Waals surface area contributed by atoms with Gasteiger partial charge in [0.05, 0.1) is 19.8 Å². The third kappa shape index (κ3) is 2.23. The summed E-state index contributed by atoms with van der Waals surface area (Å²) in [5.74, 6) is 1.35. The van der Waals surface area contributed by atoms with Crippen molar-refractivity contribution < 1.29 is 18.8 Å². The van der Waals surface area contributed by atoms with Crippen LogP contribution < -0.4 is 9.47 Å². The second-order valence-corrected chi connectivity index (χ2v) is 7.68. The van der Waals surface area contributed by atoms with Gasteiger partial charge in [-0.15, -0.1) is 0 Å². The molecule has 5 heteroatoms. The normalized spacial score (nSPS) is 35.9. The van der Waals surface area contributed by atoms with Gasteiger partial charge in [0.2, 0.25) is 0 Å². The highest BCUT2D eigenvalue weighted by atomic mass is 32.2. The van der Waals surface area contributed by atoms with Crippen molar-refractivity contribution in [1.82, 2.24) is 0 Å². The van der Waals surface area contributed by atoms with E-state index >= 15 is 0 Å². The predicted molar refractivity (Wildman–Crippen MR) is 77.6 cm³/mol. The lowest BCUT2D eigenvalue weighted by molar-refractivity contribution is 0.0181. The van der Waals surface area contributed by atoms with Crippen molar-refractivity contribution in [2.24, 2.45) is 0 Å². The Labute approximate surface area is 121 Å². The first-order valence-corrected chi connectivity index (χ1v) is 8.18. The molecule has 2 heterocycles. The summed E-state index contributed by atoms with van der Waals surface area (Å²) in [7, 11) is 2.42. The number of rotatable bonds is 3. The molecule has 20 heavy (non-hydrogen) atoms. The number of hydrogen-bond donors (Lipinski definition) is 1. The Morgan fingerprint density at radius 2 is 1.60 bits per heavy atom. The molecule has 2 atom stereocenters. The van der Waals surface area contributed by atoms with Gasteiger partial charge in [0.15, 0.2) is 0 Å². The average molecular weight is 296 g/mol. The van der Waals surface area contributed by atoms with Crippen LogP contribution >= 0.6 is 0 Å². The Hall–Kier alpha value is -1.07. The highest BCUT2D eigenvalue weighted by molar-refractivity contribution is 7.86. The van der Waals surface area contributed by atoms with Crippen molar-refractivity contribution in [2.45, 2.75) is 41.8 Å². The van der Waals surface area contributed by atoms with Gasteiger partial charge in [0.1, 0.15) is 11.5 Å². The molecule has 3 rings (SSSR count). The van der Waals surface area contributed by atoms with E-state index < -0.39 is 16.4 Å². The van der Waals surface area contributed by atoms with Crippen LogP contribution in [0.25, 0.3) is 0 Å². The van der Waals surface area contributed by atoms with Crippen LogP contribution in [0.2, 0.25) is 0 Å². The van der Waals surface area contributed by atoms with Crippen LogP contribution in [0.3, 0.4) is 0 Å². The SMILES string of the molecule is COc1cc(OC)cc(C2(O)CC3CCC(C2)S3=O)c1. The van der Waals surface area contributed by atoms with Gasteiger partial charge >= 0.3 is 0 Å². The Morgan fingerprint density at radius 3 is 2.05 bits per heavy atom. The monoisotopic (exact) mass is 296 g/mol. The lowest BCUT2D eigenvalue weighted by Gasteiger charge is -2.36. The number of ether oxygens (including phenoxy) is 2. The van der Waals surface area contributed by atoms with Crippen LogP contribution in [0.4, 0.5) is 0 Å². The second-order valence-electron chi connectivity index (χ2n) is 5.69. The lowest BCUT2D eigenvalue weighted by atomic mass is 9.85. The molecule has 0 aliphatic carbocycles. The van der Waals surface area contributed by atoms with E-state index in [-0.39, 0.29) is 10.5 Å². The summed E-state index contributed by atoms with van der Waals surface area (Å²) in [5, 5.41) is 11.3. The molecule has 1 aromatic carbocycles. The minimum Gasteiger partial charge on any atom is -0.497 e. The zero-order chi connectivity index (χ0) is 14.3.